The van der Waals surface area contributed by atoms with Crippen LogP contribution in [0.2, 0.25) is 0 Å². The molecule has 0 bridgehead atoms. The highest BCUT2D eigenvalue weighted by molar-refractivity contribution is 7.98. The molecule has 6 heteroatoms. The molecule has 1 fully saturated rings. The molecule has 0 amide bonds. The summed E-state index contributed by atoms with van der Waals surface area (Å²) >= 11 is 1.55. The fourth-order valence-electron chi connectivity index (χ4n) is 2.27. The number of hydrogen-bond donors (Lipinski definition) is 1. The van der Waals surface area contributed by atoms with E-state index in [0.29, 0.717) is 18.5 Å². The van der Waals surface area contributed by atoms with Crippen LogP contribution >= 0.6 is 11.8 Å². The average Bonchev–Trinajstić information content (AvgIpc) is 2.47. The Balaban J connectivity index is 2.18. The van der Waals surface area contributed by atoms with E-state index in [4.69, 9.17) is 4.74 Å². The summed E-state index contributed by atoms with van der Waals surface area (Å²) in [6, 6.07) is 2.48. The molecule has 19 heavy (non-hydrogen) atoms. The molecule has 1 aromatic heterocycles. The zero-order valence-corrected chi connectivity index (χ0v) is 12.7. The third-order valence-electron chi connectivity index (χ3n) is 3.36. The Kier molecular flexibility index (Phi) is 5.27. The van der Waals surface area contributed by atoms with Gasteiger partial charge in [0.1, 0.15) is 5.82 Å². The molecule has 0 aromatic carbocycles. The van der Waals surface area contributed by atoms with Crippen molar-refractivity contribution in [3.8, 4) is 5.88 Å². The summed E-state index contributed by atoms with van der Waals surface area (Å²) in [4.78, 5) is 11.2. The van der Waals surface area contributed by atoms with Crippen LogP contribution in [0.3, 0.4) is 0 Å². The predicted octanol–water partition coefficient (Wildman–Crippen LogP) is 1.79. The van der Waals surface area contributed by atoms with Crippen LogP contribution in [-0.2, 0) is 0 Å². The molecule has 1 saturated heterocycles. The van der Waals surface area contributed by atoms with Crippen LogP contribution in [0.4, 0.5) is 5.82 Å². The zero-order chi connectivity index (χ0) is 13.7. The summed E-state index contributed by atoms with van der Waals surface area (Å²) in [7, 11) is 2.11. The van der Waals surface area contributed by atoms with Crippen molar-refractivity contribution in [2.24, 2.45) is 0 Å². The normalized spacial score (nSPS) is 16.4. The minimum Gasteiger partial charge on any atom is -0.478 e. The molecule has 0 spiro atoms. The van der Waals surface area contributed by atoms with Crippen molar-refractivity contribution in [3.63, 3.8) is 0 Å². The molecule has 2 heterocycles. The van der Waals surface area contributed by atoms with Gasteiger partial charge < -0.3 is 15.0 Å². The smallest absolute Gasteiger partial charge is 0.219 e. The minimum atomic E-state index is 0.542. The molecular weight excluding hydrogens is 260 g/mol. The van der Waals surface area contributed by atoms with E-state index in [2.05, 4.69) is 27.2 Å². The van der Waals surface area contributed by atoms with E-state index in [1.54, 1.807) is 11.8 Å². The van der Waals surface area contributed by atoms with Gasteiger partial charge in [0.2, 0.25) is 5.88 Å². The third kappa shape index (κ3) is 3.73. The lowest BCUT2D eigenvalue weighted by molar-refractivity contribution is 0.323. The number of hydrogen-bond acceptors (Lipinski definition) is 6. The highest BCUT2D eigenvalue weighted by Gasteiger charge is 2.20. The van der Waals surface area contributed by atoms with Crippen molar-refractivity contribution in [1.82, 2.24) is 15.3 Å². The second kappa shape index (κ2) is 6.96. The Morgan fingerprint density at radius 2 is 2.16 bits per heavy atom. The first-order valence-corrected chi connectivity index (χ1v) is 7.96. The largest absolute Gasteiger partial charge is 0.478 e. The molecule has 1 aliphatic rings. The van der Waals surface area contributed by atoms with E-state index in [1.807, 2.05) is 19.2 Å². The van der Waals surface area contributed by atoms with Gasteiger partial charge >= 0.3 is 0 Å². The summed E-state index contributed by atoms with van der Waals surface area (Å²) in [6.07, 6.45) is 4.29. The minimum absolute atomic E-state index is 0.542. The maximum atomic E-state index is 5.52. The second-order valence-corrected chi connectivity index (χ2v) is 5.35. The molecule has 0 aliphatic carbocycles. The molecule has 0 saturated carbocycles. The first-order valence-electron chi connectivity index (χ1n) is 6.74. The SMILES string of the molecule is CCOc1cc(N(C)C2CCNCC2)nc(SC)n1. The fraction of sp³-hybridized carbons (Fsp3) is 0.692. The summed E-state index contributed by atoms with van der Waals surface area (Å²) in [5.41, 5.74) is 0. The highest BCUT2D eigenvalue weighted by atomic mass is 32.2. The molecule has 5 nitrogen and oxygen atoms in total. The number of nitrogens with zero attached hydrogens (tertiary/aromatic N) is 3. The van der Waals surface area contributed by atoms with Crippen LogP contribution < -0.4 is 15.0 Å². The molecule has 106 valence electrons. The number of rotatable bonds is 5. The van der Waals surface area contributed by atoms with Gasteiger partial charge in [-0.25, -0.2) is 4.98 Å². The molecule has 2 rings (SSSR count). The van der Waals surface area contributed by atoms with E-state index in [1.165, 1.54) is 0 Å². The number of anilines is 1. The molecule has 1 aromatic rings. The third-order valence-corrected chi connectivity index (χ3v) is 3.91. The molecular formula is C13H22N4OS. The lowest BCUT2D eigenvalue weighted by Crippen LogP contribution is -2.41. The lowest BCUT2D eigenvalue weighted by atomic mass is 10.1. The Hall–Kier alpha value is -1.01. The van der Waals surface area contributed by atoms with Gasteiger partial charge in [0.05, 0.1) is 6.61 Å². The standard InChI is InChI=1S/C13H22N4OS/c1-4-18-12-9-11(15-13(16-12)19-3)17(2)10-5-7-14-8-6-10/h9-10,14H,4-8H2,1-3H3. The van der Waals surface area contributed by atoms with Crippen LogP contribution in [0.25, 0.3) is 0 Å². The summed E-state index contributed by atoms with van der Waals surface area (Å²) in [5.74, 6) is 1.62. The number of thioether (sulfide) groups is 1. The van der Waals surface area contributed by atoms with Crippen LogP contribution in [0.15, 0.2) is 11.2 Å². The van der Waals surface area contributed by atoms with Gasteiger partial charge in [-0.2, -0.15) is 4.98 Å². The van der Waals surface area contributed by atoms with Gasteiger partial charge in [-0.15, -0.1) is 0 Å². The van der Waals surface area contributed by atoms with Crippen molar-refractivity contribution >= 4 is 17.6 Å². The first kappa shape index (κ1) is 14.4. The summed E-state index contributed by atoms with van der Waals surface area (Å²) in [6.45, 7) is 4.75. The van der Waals surface area contributed by atoms with Crippen molar-refractivity contribution in [2.45, 2.75) is 31.0 Å². The van der Waals surface area contributed by atoms with E-state index < -0.39 is 0 Å². The van der Waals surface area contributed by atoms with Crippen LogP contribution in [0.1, 0.15) is 19.8 Å². The second-order valence-electron chi connectivity index (χ2n) is 4.58. The topological polar surface area (TPSA) is 50.3 Å². The predicted molar refractivity (Wildman–Crippen MR) is 79.3 cm³/mol. The van der Waals surface area contributed by atoms with Crippen molar-refractivity contribution < 1.29 is 4.74 Å². The maximum absolute atomic E-state index is 5.52. The van der Waals surface area contributed by atoms with Crippen molar-refractivity contribution in [2.75, 3.05) is 37.9 Å². The number of nitrogens with one attached hydrogen (secondary N) is 1. The van der Waals surface area contributed by atoms with Crippen LogP contribution in [-0.4, -0.2) is 49.0 Å². The Bertz CT molecular complexity index is 410. The Morgan fingerprint density at radius 1 is 1.42 bits per heavy atom. The van der Waals surface area contributed by atoms with Gasteiger partial charge in [-0.05, 0) is 39.1 Å². The van der Waals surface area contributed by atoms with Gasteiger partial charge in [-0.1, -0.05) is 11.8 Å². The van der Waals surface area contributed by atoms with Gasteiger partial charge in [0.25, 0.3) is 0 Å². The molecule has 0 atom stereocenters. The van der Waals surface area contributed by atoms with Gasteiger partial charge in [-0.3, -0.25) is 0 Å². The zero-order valence-electron chi connectivity index (χ0n) is 11.8. The van der Waals surface area contributed by atoms with E-state index in [-0.39, 0.29) is 0 Å². The molecule has 1 aliphatic heterocycles. The number of piperidine rings is 1. The van der Waals surface area contributed by atoms with E-state index >= 15 is 0 Å². The van der Waals surface area contributed by atoms with E-state index in [9.17, 15) is 0 Å². The molecule has 0 unspecified atom stereocenters. The van der Waals surface area contributed by atoms with Crippen LogP contribution in [0.5, 0.6) is 5.88 Å². The van der Waals surface area contributed by atoms with Crippen molar-refractivity contribution in [1.29, 1.82) is 0 Å². The number of aromatic nitrogens is 2. The molecule has 1 N–H and O–H groups in total. The first-order chi connectivity index (χ1) is 9.24. The summed E-state index contributed by atoms with van der Waals surface area (Å²) < 4.78 is 5.52. The summed E-state index contributed by atoms with van der Waals surface area (Å²) in [5, 5.41) is 4.15. The number of ether oxygens (including phenoxy) is 1. The molecule has 0 radical (unpaired) electrons. The van der Waals surface area contributed by atoms with E-state index in [0.717, 1.165) is 36.9 Å². The Morgan fingerprint density at radius 3 is 2.79 bits per heavy atom. The highest BCUT2D eigenvalue weighted by Crippen LogP contribution is 2.24. The fourth-order valence-corrected chi connectivity index (χ4v) is 2.63. The average molecular weight is 282 g/mol. The maximum Gasteiger partial charge on any atom is 0.219 e. The Labute approximate surface area is 119 Å². The van der Waals surface area contributed by atoms with Crippen molar-refractivity contribution in [3.05, 3.63) is 6.07 Å². The lowest BCUT2D eigenvalue weighted by Gasteiger charge is -2.32. The quantitative estimate of drug-likeness (QED) is 0.656. The van der Waals surface area contributed by atoms with Gasteiger partial charge in [0, 0.05) is 19.2 Å². The van der Waals surface area contributed by atoms with Gasteiger partial charge in [0.15, 0.2) is 5.16 Å². The van der Waals surface area contributed by atoms with Crippen LogP contribution in [0, 0.1) is 0 Å². The monoisotopic (exact) mass is 282 g/mol.